The van der Waals surface area contributed by atoms with Crippen LogP contribution < -0.4 is 5.43 Å². The zero-order chi connectivity index (χ0) is 18.6. The monoisotopic (exact) mass is 360 g/mol. The van der Waals surface area contributed by atoms with Crippen LogP contribution in [0.15, 0.2) is 23.3 Å². The zero-order valence-electron chi connectivity index (χ0n) is 14.8. The van der Waals surface area contributed by atoms with E-state index in [9.17, 15) is 20.2 Å². The molecule has 1 N–H and O–H groups in total. The number of nitrogens with one attached hydrogen (secondary N) is 1. The first kappa shape index (κ1) is 18.3. The second-order valence-electron chi connectivity index (χ2n) is 7.29. The van der Waals surface area contributed by atoms with Gasteiger partial charge in [-0.25, -0.2) is 0 Å². The minimum atomic E-state index is -0.635. The molecule has 2 saturated carbocycles. The van der Waals surface area contributed by atoms with Crippen molar-refractivity contribution < 1.29 is 9.85 Å². The van der Waals surface area contributed by atoms with E-state index in [1.165, 1.54) is 44.2 Å². The van der Waals surface area contributed by atoms with Crippen LogP contribution in [-0.4, -0.2) is 15.6 Å². The Kier molecular flexibility index (Phi) is 5.49. The van der Waals surface area contributed by atoms with Gasteiger partial charge in [0.25, 0.3) is 5.69 Å². The van der Waals surface area contributed by atoms with Gasteiger partial charge in [-0.3, -0.25) is 25.7 Å². The van der Waals surface area contributed by atoms with Crippen molar-refractivity contribution in [3.63, 3.8) is 0 Å². The second kappa shape index (κ2) is 7.80. The molecule has 1 aromatic carbocycles. The third kappa shape index (κ3) is 3.84. The largest absolute Gasteiger partial charge is 0.301 e. The average Bonchev–Trinajstić information content (AvgIpc) is 2.87. The number of rotatable bonds is 4. The highest BCUT2D eigenvalue weighted by Crippen LogP contribution is 2.45. The summed E-state index contributed by atoms with van der Waals surface area (Å²) in [6.07, 6.45) is 11.5. The number of hydrogen-bond acceptors (Lipinski definition) is 6. The van der Waals surface area contributed by atoms with Crippen molar-refractivity contribution in [1.82, 2.24) is 0 Å². The maximum Gasteiger partial charge on any atom is 0.301 e. The first-order valence-corrected chi connectivity index (χ1v) is 9.28. The Labute approximate surface area is 152 Å². The molecule has 0 aromatic heterocycles. The van der Waals surface area contributed by atoms with E-state index in [0.717, 1.165) is 43.9 Å². The minimum absolute atomic E-state index is 0.122. The molecule has 8 nitrogen and oxygen atoms in total. The lowest BCUT2D eigenvalue weighted by Crippen LogP contribution is -2.34. The summed E-state index contributed by atoms with van der Waals surface area (Å²) in [5.74, 6) is 0. The van der Waals surface area contributed by atoms with Gasteiger partial charge in [0.2, 0.25) is 0 Å². The van der Waals surface area contributed by atoms with E-state index in [1.54, 1.807) is 0 Å². The highest BCUT2D eigenvalue weighted by Gasteiger charge is 2.38. The van der Waals surface area contributed by atoms with Crippen molar-refractivity contribution >= 4 is 22.8 Å². The fourth-order valence-corrected chi connectivity index (χ4v) is 4.29. The summed E-state index contributed by atoms with van der Waals surface area (Å²) < 4.78 is 0. The number of nitro groups is 2. The highest BCUT2D eigenvalue weighted by molar-refractivity contribution is 5.91. The molecule has 0 saturated heterocycles. The van der Waals surface area contributed by atoms with Crippen LogP contribution in [0.3, 0.4) is 0 Å². The van der Waals surface area contributed by atoms with Crippen LogP contribution in [0.1, 0.15) is 64.2 Å². The highest BCUT2D eigenvalue weighted by atomic mass is 16.6. The molecule has 2 fully saturated rings. The van der Waals surface area contributed by atoms with Crippen molar-refractivity contribution in [2.75, 3.05) is 5.43 Å². The van der Waals surface area contributed by atoms with Crippen molar-refractivity contribution in [2.45, 2.75) is 64.2 Å². The quantitative estimate of drug-likeness (QED) is 0.587. The van der Waals surface area contributed by atoms with E-state index in [2.05, 4.69) is 10.5 Å². The van der Waals surface area contributed by atoms with Crippen molar-refractivity contribution in [1.29, 1.82) is 0 Å². The van der Waals surface area contributed by atoms with E-state index in [4.69, 9.17) is 0 Å². The maximum absolute atomic E-state index is 11.3. The summed E-state index contributed by atoms with van der Waals surface area (Å²) in [5, 5.41) is 26.7. The Hall–Kier alpha value is -2.51. The lowest BCUT2D eigenvalue weighted by Gasteiger charge is -2.38. The summed E-state index contributed by atoms with van der Waals surface area (Å²) in [6, 6.07) is 3.60. The van der Waals surface area contributed by atoms with Gasteiger partial charge in [0.1, 0.15) is 5.69 Å². The van der Waals surface area contributed by atoms with E-state index in [0.29, 0.717) is 0 Å². The Balaban J connectivity index is 1.87. The Morgan fingerprint density at radius 2 is 1.58 bits per heavy atom. The van der Waals surface area contributed by atoms with E-state index >= 15 is 0 Å². The van der Waals surface area contributed by atoms with Gasteiger partial charge in [-0.2, -0.15) is 5.10 Å². The first-order chi connectivity index (χ1) is 12.5. The molecule has 0 aliphatic heterocycles. The summed E-state index contributed by atoms with van der Waals surface area (Å²) in [5.41, 5.74) is 3.65. The molecule has 2 aliphatic carbocycles. The fraction of sp³-hybridized carbons (Fsp3) is 0.611. The number of hydrogen-bond donors (Lipinski definition) is 1. The molecule has 8 heteroatoms. The van der Waals surface area contributed by atoms with Crippen LogP contribution >= 0.6 is 0 Å². The predicted molar refractivity (Wildman–Crippen MR) is 99.4 cm³/mol. The zero-order valence-corrected chi connectivity index (χ0v) is 14.8. The van der Waals surface area contributed by atoms with Gasteiger partial charge in [0.05, 0.1) is 15.9 Å². The number of non-ortho nitro benzene ring substituents is 1. The smallest absolute Gasteiger partial charge is 0.272 e. The van der Waals surface area contributed by atoms with Crippen LogP contribution in [0, 0.1) is 25.6 Å². The lowest BCUT2D eigenvalue weighted by molar-refractivity contribution is -0.393. The number of benzene rings is 1. The molecule has 0 unspecified atom stereocenters. The fourth-order valence-electron chi connectivity index (χ4n) is 4.29. The molecule has 0 bridgehead atoms. The molecule has 2 aliphatic rings. The van der Waals surface area contributed by atoms with Gasteiger partial charge in [-0.05, 0) is 38.2 Å². The Bertz CT molecular complexity index is 724. The third-order valence-corrected chi connectivity index (χ3v) is 5.69. The second-order valence-corrected chi connectivity index (χ2v) is 7.29. The number of nitrogens with zero attached hydrogens (tertiary/aromatic N) is 3. The first-order valence-electron chi connectivity index (χ1n) is 9.28. The molecule has 0 radical (unpaired) electrons. The summed E-state index contributed by atoms with van der Waals surface area (Å²) in [4.78, 5) is 20.9. The van der Waals surface area contributed by atoms with Crippen LogP contribution in [0.4, 0.5) is 17.1 Å². The van der Waals surface area contributed by atoms with Crippen molar-refractivity contribution in [3.05, 3.63) is 38.4 Å². The molecule has 1 spiro atoms. The molecule has 0 heterocycles. The van der Waals surface area contributed by atoms with Gasteiger partial charge in [0, 0.05) is 17.2 Å². The van der Waals surface area contributed by atoms with Gasteiger partial charge >= 0.3 is 5.69 Å². The normalized spacial score (nSPS) is 21.3. The van der Waals surface area contributed by atoms with E-state index < -0.39 is 9.85 Å². The van der Waals surface area contributed by atoms with Crippen LogP contribution in [0.2, 0.25) is 0 Å². The molecular formula is C18H24N4O4. The Morgan fingerprint density at radius 3 is 2.19 bits per heavy atom. The standard InChI is InChI=1S/C18H24N4O4/c23-21(24)14-8-9-15(16(13-14)22(25)26)19-20-17-7-3-6-12-18(17)10-4-1-2-5-11-18/h8-9,13,19H,1-7,10-12H2/b20-17-. The van der Waals surface area contributed by atoms with E-state index in [1.807, 2.05) is 0 Å². The number of nitro benzene ring substituents is 2. The third-order valence-electron chi connectivity index (χ3n) is 5.69. The Morgan fingerprint density at radius 1 is 0.923 bits per heavy atom. The lowest BCUT2D eigenvalue weighted by atomic mass is 9.68. The van der Waals surface area contributed by atoms with Gasteiger partial charge in [-0.1, -0.05) is 32.1 Å². The summed E-state index contributed by atoms with van der Waals surface area (Å²) >= 11 is 0. The maximum atomic E-state index is 11.3. The molecule has 0 amide bonds. The number of anilines is 1. The SMILES string of the molecule is O=[N+]([O-])c1ccc(N/N=C2/CCCCC23CCCCCC3)c([N+](=O)[O-])c1. The van der Waals surface area contributed by atoms with Gasteiger partial charge in [0.15, 0.2) is 0 Å². The van der Waals surface area contributed by atoms with Crippen LogP contribution in [0.25, 0.3) is 0 Å². The number of hydrazone groups is 1. The molecule has 26 heavy (non-hydrogen) atoms. The van der Waals surface area contributed by atoms with Gasteiger partial charge < -0.3 is 0 Å². The molecule has 3 rings (SSSR count). The topological polar surface area (TPSA) is 111 Å². The molecular weight excluding hydrogens is 336 g/mol. The van der Waals surface area contributed by atoms with Crippen molar-refractivity contribution in [3.8, 4) is 0 Å². The van der Waals surface area contributed by atoms with Crippen molar-refractivity contribution in [2.24, 2.45) is 10.5 Å². The molecule has 0 atom stereocenters. The minimum Gasteiger partial charge on any atom is -0.272 e. The summed E-state index contributed by atoms with van der Waals surface area (Å²) in [6.45, 7) is 0. The van der Waals surface area contributed by atoms with Crippen LogP contribution in [0.5, 0.6) is 0 Å². The average molecular weight is 360 g/mol. The summed E-state index contributed by atoms with van der Waals surface area (Å²) in [7, 11) is 0. The predicted octanol–water partition coefficient (Wildman–Crippen LogP) is 5.19. The molecule has 1 aromatic rings. The van der Waals surface area contributed by atoms with Crippen LogP contribution in [-0.2, 0) is 0 Å². The van der Waals surface area contributed by atoms with Gasteiger partial charge in [-0.15, -0.1) is 0 Å². The van der Waals surface area contributed by atoms with E-state index in [-0.39, 0.29) is 22.5 Å². The molecule has 140 valence electrons.